The summed E-state index contributed by atoms with van der Waals surface area (Å²) in [7, 11) is 0. The van der Waals surface area contributed by atoms with E-state index in [1.807, 2.05) is 30.3 Å². The number of nitrogens with one attached hydrogen (secondary N) is 1. The van der Waals surface area contributed by atoms with E-state index >= 15 is 0 Å². The van der Waals surface area contributed by atoms with Gasteiger partial charge in [-0.15, -0.1) is 0 Å². The molecule has 2 fully saturated rings. The number of carbonyl (C=O) groups is 1. The Kier molecular flexibility index (Phi) is 4.56. The first kappa shape index (κ1) is 14.5. The molecule has 1 aromatic rings. The molecule has 4 heteroatoms. The number of ether oxygens (including phenoxy) is 1. The van der Waals surface area contributed by atoms with Crippen LogP contribution in [0.15, 0.2) is 30.3 Å². The molecule has 1 saturated heterocycles. The van der Waals surface area contributed by atoms with Gasteiger partial charge in [0.1, 0.15) is 0 Å². The first-order valence-electron chi connectivity index (χ1n) is 7.98. The van der Waals surface area contributed by atoms with Crippen LogP contribution in [0.5, 0.6) is 0 Å². The lowest BCUT2D eigenvalue weighted by atomic mass is 9.88. The van der Waals surface area contributed by atoms with Gasteiger partial charge in [0.05, 0.1) is 12.0 Å². The first-order valence-corrected chi connectivity index (χ1v) is 7.98. The summed E-state index contributed by atoms with van der Waals surface area (Å²) >= 11 is 0. The van der Waals surface area contributed by atoms with Crippen LogP contribution in [0.3, 0.4) is 0 Å². The third kappa shape index (κ3) is 3.27. The molecule has 0 bridgehead atoms. The molecule has 3 N–H and O–H groups in total. The normalized spacial score (nSPS) is 32.8. The second-order valence-corrected chi connectivity index (χ2v) is 6.16. The van der Waals surface area contributed by atoms with Crippen LogP contribution in [0, 0.1) is 5.92 Å². The fraction of sp³-hybridized carbons (Fsp3) is 0.588. The van der Waals surface area contributed by atoms with E-state index in [4.69, 9.17) is 10.5 Å². The fourth-order valence-electron chi connectivity index (χ4n) is 3.48. The Hall–Kier alpha value is -1.39. The molecular formula is C17H24N2O2. The number of nitrogens with two attached hydrogens (primary N) is 1. The van der Waals surface area contributed by atoms with E-state index in [1.165, 1.54) is 0 Å². The van der Waals surface area contributed by atoms with Crippen molar-refractivity contribution >= 4 is 5.91 Å². The van der Waals surface area contributed by atoms with Crippen LogP contribution in [-0.2, 0) is 9.53 Å². The molecule has 4 nitrogen and oxygen atoms in total. The lowest BCUT2D eigenvalue weighted by molar-refractivity contribution is -0.135. The Morgan fingerprint density at radius 2 is 1.95 bits per heavy atom. The SMILES string of the molecule is NC1CCCC1NC(=O)C1CCCOC1c1ccccc1. The van der Waals surface area contributed by atoms with Gasteiger partial charge in [0.15, 0.2) is 0 Å². The van der Waals surface area contributed by atoms with Crippen LogP contribution < -0.4 is 11.1 Å². The molecule has 2 aliphatic rings. The predicted octanol–water partition coefficient (Wildman–Crippen LogP) is 2.15. The van der Waals surface area contributed by atoms with Gasteiger partial charge < -0.3 is 15.8 Å². The minimum absolute atomic E-state index is 0.103. The van der Waals surface area contributed by atoms with E-state index in [9.17, 15) is 4.79 Å². The maximum atomic E-state index is 12.6. The van der Waals surface area contributed by atoms with Crippen LogP contribution in [0.1, 0.15) is 43.8 Å². The Morgan fingerprint density at radius 1 is 1.14 bits per heavy atom. The zero-order chi connectivity index (χ0) is 14.7. The van der Waals surface area contributed by atoms with Gasteiger partial charge in [-0.3, -0.25) is 4.79 Å². The predicted molar refractivity (Wildman–Crippen MR) is 81.6 cm³/mol. The van der Waals surface area contributed by atoms with Gasteiger partial charge in [-0.2, -0.15) is 0 Å². The molecule has 1 aromatic carbocycles. The van der Waals surface area contributed by atoms with Crippen molar-refractivity contribution in [1.82, 2.24) is 5.32 Å². The number of rotatable bonds is 3. The van der Waals surface area contributed by atoms with Gasteiger partial charge in [-0.25, -0.2) is 0 Å². The van der Waals surface area contributed by atoms with E-state index in [-0.39, 0.29) is 30.0 Å². The number of hydrogen-bond donors (Lipinski definition) is 2. The number of carbonyl (C=O) groups excluding carboxylic acids is 1. The molecule has 4 unspecified atom stereocenters. The van der Waals surface area contributed by atoms with E-state index in [2.05, 4.69) is 5.32 Å². The van der Waals surface area contributed by atoms with Crippen molar-refractivity contribution in [3.63, 3.8) is 0 Å². The molecule has 4 atom stereocenters. The molecule has 114 valence electrons. The van der Waals surface area contributed by atoms with Gasteiger partial charge >= 0.3 is 0 Å². The van der Waals surface area contributed by atoms with Crippen LogP contribution in [-0.4, -0.2) is 24.6 Å². The van der Waals surface area contributed by atoms with Gasteiger partial charge in [0.2, 0.25) is 5.91 Å². The van der Waals surface area contributed by atoms with Crippen molar-refractivity contribution in [2.45, 2.75) is 50.3 Å². The molecule has 1 aliphatic carbocycles. The molecule has 21 heavy (non-hydrogen) atoms. The van der Waals surface area contributed by atoms with E-state index in [0.29, 0.717) is 0 Å². The second kappa shape index (κ2) is 6.58. The van der Waals surface area contributed by atoms with Crippen LogP contribution in [0.2, 0.25) is 0 Å². The molecule has 0 radical (unpaired) electrons. The molecule has 1 aliphatic heterocycles. The summed E-state index contributed by atoms with van der Waals surface area (Å²) in [5.41, 5.74) is 7.15. The highest BCUT2D eigenvalue weighted by molar-refractivity contribution is 5.80. The Balaban J connectivity index is 1.70. The van der Waals surface area contributed by atoms with Gasteiger partial charge in [0, 0.05) is 18.7 Å². The number of hydrogen-bond acceptors (Lipinski definition) is 3. The van der Waals surface area contributed by atoms with Crippen molar-refractivity contribution in [1.29, 1.82) is 0 Å². The quantitative estimate of drug-likeness (QED) is 0.895. The summed E-state index contributed by atoms with van der Waals surface area (Å²) in [5, 5.41) is 3.15. The number of benzene rings is 1. The van der Waals surface area contributed by atoms with Crippen LogP contribution >= 0.6 is 0 Å². The zero-order valence-corrected chi connectivity index (χ0v) is 12.3. The zero-order valence-electron chi connectivity index (χ0n) is 12.3. The van der Waals surface area contributed by atoms with Crippen molar-refractivity contribution in [2.24, 2.45) is 11.7 Å². The summed E-state index contributed by atoms with van der Waals surface area (Å²) in [6, 6.07) is 10.3. The summed E-state index contributed by atoms with van der Waals surface area (Å²) in [6.07, 6.45) is 4.81. The van der Waals surface area contributed by atoms with Crippen molar-refractivity contribution in [2.75, 3.05) is 6.61 Å². The highest BCUT2D eigenvalue weighted by Gasteiger charge is 2.35. The summed E-state index contributed by atoms with van der Waals surface area (Å²) in [4.78, 5) is 12.6. The third-order valence-electron chi connectivity index (χ3n) is 4.68. The average Bonchev–Trinajstić information content (AvgIpc) is 2.93. The third-order valence-corrected chi connectivity index (χ3v) is 4.68. The molecule has 1 heterocycles. The molecule has 0 aromatic heterocycles. The van der Waals surface area contributed by atoms with Crippen molar-refractivity contribution in [3.8, 4) is 0 Å². The summed E-state index contributed by atoms with van der Waals surface area (Å²) < 4.78 is 5.90. The molecular weight excluding hydrogens is 264 g/mol. The largest absolute Gasteiger partial charge is 0.373 e. The standard InChI is InChI=1S/C17H24N2O2/c18-14-9-4-10-15(14)19-17(20)13-8-5-11-21-16(13)12-6-2-1-3-7-12/h1-3,6-7,13-16H,4-5,8-11,18H2,(H,19,20). The Labute approximate surface area is 126 Å². The minimum Gasteiger partial charge on any atom is -0.373 e. The second-order valence-electron chi connectivity index (χ2n) is 6.16. The van der Waals surface area contributed by atoms with Crippen molar-refractivity contribution < 1.29 is 9.53 Å². The van der Waals surface area contributed by atoms with E-state index in [0.717, 1.165) is 44.3 Å². The fourth-order valence-corrected chi connectivity index (χ4v) is 3.48. The summed E-state index contributed by atoms with van der Waals surface area (Å²) in [5.74, 6) is -0.000136. The van der Waals surface area contributed by atoms with Crippen LogP contribution in [0.25, 0.3) is 0 Å². The van der Waals surface area contributed by atoms with E-state index < -0.39 is 0 Å². The maximum absolute atomic E-state index is 12.6. The summed E-state index contributed by atoms with van der Waals surface area (Å²) in [6.45, 7) is 0.728. The Morgan fingerprint density at radius 3 is 2.67 bits per heavy atom. The molecule has 1 saturated carbocycles. The Bertz CT molecular complexity index is 477. The van der Waals surface area contributed by atoms with Gasteiger partial charge in [0.25, 0.3) is 0 Å². The molecule has 0 spiro atoms. The minimum atomic E-state index is -0.127. The highest BCUT2D eigenvalue weighted by atomic mass is 16.5. The highest BCUT2D eigenvalue weighted by Crippen LogP contribution is 2.34. The lowest BCUT2D eigenvalue weighted by Gasteiger charge is -2.32. The smallest absolute Gasteiger partial charge is 0.226 e. The van der Waals surface area contributed by atoms with Gasteiger partial charge in [-0.05, 0) is 37.7 Å². The average molecular weight is 288 g/mol. The number of amides is 1. The topological polar surface area (TPSA) is 64.3 Å². The molecule has 1 amide bonds. The first-order chi connectivity index (χ1) is 10.3. The molecule has 3 rings (SSSR count). The monoisotopic (exact) mass is 288 g/mol. The lowest BCUT2D eigenvalue weighted by Crippen LogP contribution is -2.48. The van der Waals surface area contributed by atoms with Crippen molar-refractivity contribution in [3.05, 3.63) is 35.9 Å². The van der Waals surface area contributed by atoms with E-state index in [1.54, 1.807) is 0 Å². The van der Waals surface area contributed by atoms with Crippen LogP contribution in [0.4, 0.5) is 0 Å². The van der Waals surface area contributed by atoms with Gasteiger partial charge in [-0.1, -0.05) is 30.3 Å². The maximum Gasteiger partial charge on any atom is 0.226 e.